The van der Waals surface area contributed by atoms with Gasteiger partial charge in [0, 0.05) is 0 Å². The van der Waals surface area contributed by atoms with Gasteiger partial charge in [-0.1, -0.05) is 13.8 Å². The van der Waals surface area contributed by atoms with Crippen molar-refractivity contribution < 1.29 is 14.3 Å². The molecule has 2 aromatic rings. The van der Waals surface area contributed by atoms with E-state index in [1.54, 1.807) is 19.9 Å². The van der Waals surface area contributed by atoms with Crippen molar-refractivity contribution in [3.05, 3.63) is 43.7 Å². The first-order chi connectivity index (χ1) is 13.4. The Hall–Kier alpha value is -2.99. The zero-order valence-corrected chi connectivity index (χ0v) is 17.1. The molecule has 0 spiro atoms. The number of esters is 1. The lowest BCUT2D eigenvalue weighted by molar-refractivity contribution is -0.117. The second-order valence-corrected chi connectivity index (χ2v) is 7.03. The highest BCUT2D eigenvalue weighted by Crippen LogP contribution is 2.27. The SMILES string of the molecule is CCOC(=O)c1sc(NC(=O)Cn2nc(CC)c(CC)c(C#N)c2=O)cc1C. The molecule has 9 heteroatoms. The average molecular weight is 402 g/mol. The predicted octanol–water partition coefficient (Wildman–Crippen LogP) is 2.43. The summed E-state index contributed by atoms with van der Waals surface area (Å²) in [5.41, 5.74) is 1.39. The van der Waals surface area contributed by atoms with Gasteiger partial charge in [-0.2, -0.15) is 10.4 Å². The van der Waals surface area contributed by atoms with Gasteiger partial charge in [-0.3, -0.25) is 9.59 Å². The van der Waals surface area contributed by atoms with Gasteiger partial charge in [0.2, 0.25) is 5.91 Å². The van der Waals surface area contributed by atoms with Crippen LogP contribution in [0.15, 0.2) is 10.9 Å². The van der Waals surface area contributed by atoms with Crippen LogP contribution in [-0.4, -0.2) is 28.3 Å². The number of nitrogens with zero attached hydrogens (tertiary/aromatic N) is 3. The van der Waals surface area contributed by atoms with Crippen LogP contribution in [0.4, 0.5) is 5.00 Å². The highest BCUT2D eigenvalue weighted by molar-refractivity contribution is 7.18. The lowest BCUT2D eigenvalue weighted by Crippen LogP contribution is -2.33. The van der Waals surface area contributed by atoms with Crippen LogP contribution in [0.2, 0.25) is 0 Å². The maximum Gasteiger partial charge on any atom is 0.348 e. The van der Waals surface area contributed by atoms with Crippen LogP contribution in [0.3, 0.4) is 0 Å². The molecule has 148 valence electrons. The Morgan fingerprint density at radius 3 is 2.61 bits per heavy atom. The maximum atomic E-state index is 12.5. The summed E-state index contributed by atoms with van der Waals surface area (Å²) in [5, 5.41) is 16.7. The second kappa shape index (κ2) is 9.28. The van der Waals surface area contributed by atoms with Crippen molar-refractivity contribution in [2.45, 2.75) is 47.1 Å². The van der Waals surface area contributed by atoms with Gasteiger partial charge in [0.05, 0.1) is 17.3 Å². The summed E-state index contributed by atoms with van der Waals surface area (Å²) in [4.78, 5) is 37.2. The molecule has 0 saturated heterocycles. The molecule has 0 atom stereocenters. The van der Waals surface area contributed by atoms with Crippen molar-refractivity contribution in [1.29, 1.82) is 5.26 Å². The predicted molar refractivity (Wildman–Crippen MR) is 106 cm³/mol. The topological polar surface area (TPSA) is 114 Å². The number of nitriles is 1. The molecule has 0 unspecified atom stereocenters. The standard InChI is InChI=1S/C19H22N4O4S/c1-5-12-13(9-20)18(25)23(22-14(12)6-2)10-15(24)21-16-8-11(4)17(28-16)19(26)27-7-3/h8H,5-7,10H2,1-4H3,(H,21,24). The summed E-state index contributed by atoms with van der Waals surface area (Å²) >= 11 is 1.11. The molecule has 0 aliphatic heterocycles. The number of hydrogen-bond donors (Lipinski definition) is 1. The van der Waals surface area contributed by atoms with E-state index in [4.69, 9.17) is 4.74 Å². The van der Waals surface area contributed by atoms with E-state index in [0.717, 1.165) is 16.0 Å². The molecule has 0 aliphatic carbocycles. The van der Waals surface area contributed by atoms with Gasteiger partial charge in [0.15, 0.2) is 0 Å². The number of thiophene rings is 1. The molecular weight excluding hydrogens is 380 g/mol. The number of hydrogen-bond acceptors (Lipinski definition) is 7. The Balaban J connectivity index is 2.25. The molecule has 2 heterocycles. The van der Waals surface area contributed by atoms with E-state index in [-0.39, 0.29) is 18.7 Å². The molecule has 1 amide bonds. The molecule has 28 heavy (non-hydrogen) atoms. The number of carbonyl (C=O) groups is 2. The summed E-state index contributed by atoms with van der Waals surface area (Å²) in [6.07, 6.45) is 1.07. The molecule has 8 nitrogen and oxygen atoms in total. The first-order valence-electron chi connectivity index (χ1n) is 8.96. The van der Waals surface area contributed by atoms with Gasteiger partial charge >= 0.3 is 5.97 Å². The molecule has 2 rings (SSSR count). The highest BCUT2D eigenvalue weighted by atomic mass is 32.1. The Morgan fingerprint density at radius 2 is 2.04 bits per heavy atom. The number of ether oxygens (including phenoxy) is 1. The number of amides is 1. The lowest BCUT2D eigenvalue weighted by Gasteiger charge is -2.11. The van der Waals surface area contributed by atoms with Crippen LogP contribution in [0.1, 0.15) is 52.8 Å². The highest BCUT2D eigenvalue weighted by Gasteiger charge is 2.19. The quantitative estimate of drug-likeness (QED) is 0.712. The van der Waals surface area contributed by atoms with Crippen LogP contribution in [0.5, 0.6) is 0 Å². The second-order valence-electron chi connectivity index (χ2n) is 5.97. The summed E-state index contributed by atoms with van der Waals surface area (Å²) in [6.45, 7) is 7.15. The minimum absolute atomic E-state index is 0.0266. The fraction of sp³-hybridized carbons (Fsp3) is 0.421. The lowest BCUT2D eigenvalue weighted by atomic mass is 10.0. The van der Waals surface area contributed by atoms with Crippen LogP contribution in [-0.2, 0) is 28.9 Å². The van der Waals surface area contributed by atoms with E-state index >= 15 is 0 Å². The first-order valence-corrected chi connectivity index (χ1v) is 9.78. The summed E-state index contributed by atoms with van der Waals surface area (Å²) < 4.78 is 6.00. The fourth-order valence-electron chi connectivity index (χ4n) is 2.80. The zero-order valence-electron chi connectivity index (χ0n) is 16.3. The Morgan fingerprint density at radius 1 is 1.32 bits per heavy atom. The third-order valence-corrected chi connectivity index (χ3v) is 5.21. The molecule has 0 aromatic carbocycles. The van der Waals surface area contributed by atoms with E-state index in [2.05, 4.69) is 10.4 Å². The molecular formula is C19H22N4O4S. The smallest absolute Gasteiger partial charge is 0.348 e. The van der Waals surface area contributed by atoms with Gasteiger partial charge in [-0.05, 0) is 43.9 Å². The van der Waals surface area contributed by atoms with Gasteiger partial charge < -0.3 is 10.1 Å². The van der Waals surface area contributed by atoms with E-state index in [1.807, 2.05) is 19.9 Å². The van der Waals surface area contributed by atoms with Crippen molar-refractivity contribution in [3.8, 4) is 6.07 Å². The van der Waals surface area contributed by atoms with Crippen molar-refractivity contribution in [1.82, 2.24) is 9.78 Å². The average Bonchev–Trinajstić information content (AvgIpc) is 3.02. The molecule has 2 aromatic heterocycles. The summed E-state index contributed by atoms with van der Waals surface area (Å²) in [7, 11) is 0. The zero-order chi connectivity index (χ0) is 20.8. The van der Waals surface area contributed by atoms with Crippen LogP contribution >= 0.6 is 11.3 Å². The monoisotopic (exact) mass is 402 g/mol. The molecule has 1 N–H and O–H groups in total. The molecule has 0 aliphatic rings. The number of anilines is 1. The van der Waals surface area contributed by atoms with Gasteiger partial charge in [0.1, 0.15) is 23.1 Å². The number of nitrogens with one attached hydrogen (secondary N) is 1. The van der Waals surface area contributed by atoms with Crippen LogP contribution < -0.4 is 10.9 Å². The Labute approximate surface area is 166 Å². The summed E-state index contributed by atoms with van der Waals surface area (Å²) in [6, 6.07) is 3.60. The minimum Gasteiger partial charge on any atom is -0.462 e. The number of rotatable bonds is 7. The molecule has 0 fully saturated rings. The van der Waals surface area contributed by atoms with Crippen LogP contribution in [0.25, 0.3) is 0 Å². The van der Waals surface area contributed by atoms with Crippen molar-refractivity contribution >= 4 is 28.2 Å². The Bertz CT molecular complexity index is 1000. The van der Waals surface area contributed by atoms with Gasteiger partial charge in [0.25, 0.3) is 5.56 Å². The van der Waals surface area contributed by atoms with E-state index < -0.39 is 17.4 Å². The van der Waals surface area contributed by atoms with Crippen molar-refractivity contribution in [2.75, 3.05) is 11.9 Å². The molecule has 0 bridgehead atoms. The molecule has 0 saturated carbocycles. The molecule has 0 radical (unpaired) electrons. The van der Waals surface area contributed by atoms with E-state index in [9.17, 15) is 19.6 Å². The minimum atomic E-state index is -0.582. The Kier molecular flexibility index (Phi) is 7.06. The van der Waals surface area contributed by atoms with Gasteiger partial charge in [-0.15, -0.1) is 11.3 Å². The van der Waals surface area contributed by atoms with E-state index in [0.29, 0.717) is 39.5 Å². The maximum absolute atomic E-state index is 12.5. The van der Waals surface area contributed by atoms with Crippen molar-refractivity contribution in [3.63, 3.8) is 0 Å². The third-order valence-electron chi connectivity index (χ3n) is 4.07. The normalized spacial score (nSPS) is 10.4. The fourth-order valence-corrected chi connectivity index (χ4v) is 3.78. The third kappa shape index (κ3) is 4.46. The first kappa shape index (κ1) is 21.3. The number of carbonyl (C=O) groups excluding carboxylic acids is 2. The largest absolute Gasteiger partial charge is 0.462 e. The summed E-state index contributed by atoms with van der Waals surface area (Å²) in [5.74, 6) is -0.911. The van der Waals surface area contributed by atoms with Crippen LogP contribution in [0, 0.1) is 18.3 Å². The number of aryl methyl sites for hydroxylation is 2. The van der Waals surface area contributed by atoms with Gasteiger partial charge in [-0.25, -0.2) is 9.48 Å². The van der Waals surface area contributed by atoms with Crippen molar-refractivity contribution in [2.24, 2.45) is 0 Å². The number of aromatic nitrogens is 2. The van der Waals surface area contributed by atoms with E-state index in [1.165, 1.54) is 0 Å².